The van der Waals surface area contributed by atoms with Crippen LogP contribution in [0.2, 0.25) is 5.02 Å². The van der Waals surface area contributed by atoms with Crippen molar-refractivity contribution in [2.24, 2.45) is 0 Å². The van der Waals surface area contributed by atoms with Crippen LogP contribution in [0.15, 0.2) is 35.1 Å². The minimum absolute atomic E-state index is 0.0991. The molecule has 0 saturated carbocycles. The zero-order valence-corrected chi connectivity index (χ0v) is 12.8. The van der Waals surface area contributed by atoms with E-state index in [1.54, 1.807) is 31.2 Å². The first-order valence-corrected chi connectivity index (χ1v) is 7.12. The van der Waals surface area contributed by atoms with Gasteiger partial charge in [0.2, 0.25) is 0 Å². The molecule has 2 N–H and O–H groups in total. The number of amides is 1. The number of aromatic amines is 1. The van der Waals surface area contributed by atoms with Crippen LogP contribution in [0.4, 0.5) is 0 Å². The van der Waals surface area contributed by atoms with Crippen molar-refractivity contribution in [3.63, 3.8) is 0 Å². The molecule has 2 rings (SSSR count). The lowest BCUT2D eigenvalue weighted by atomic mass is 10.3. The lowest BCUT2D eigenvalue weighted by Gasteiger charge is -2.07. The number of nitrogens with one attached hydrogen (secondary N) is 2. The second-order valence-corrected chi connectivity index (χ2v) is 5.12. The summed E-state index contributed by atoms with van der Waals surface area (Å²) >= 11 is 5.82. The van der Waals surface area contributed by atoms with Crippen LogP contribution in [-0.4, -0.2) is 29.0 Å². The van der Waals surface area contributed by atoms with E-state index in [9.17, 15) is 9.59 Å². The molecule has 0 aliphatic carbocycles. The minimum Gasteiger partial charge on any atom is -0.484 e. The standard InChI is InChI=1S/C15H16ClN3O3/c1-10-7-14(20)19-13(18-10)5-6-17-15(21)9-22-12-4-2-3-11(16)8-12/h2-4,7-8H,5-6,9H2,1H3,(H,17,21)(H,18,19,20). The van der Waals surface area contributed by atoms with E-state index >= 15 is 0 Å². The summed E-state index contributed by atoms with van der Waals surface area (Å²) in [5.74, 6) is 0.823. The number of carbonyl (C=O) groups excluding carboxylic acids is 1. The number of aryl methyl sites for hydroxylation is 1. The quantitative estimate of drug-likeness (QED) is 0.844. The molecule has 7 heteroatoms. The molecule has 1 aromatic heterocycles. The summed E-state index contributed by atoms with van der Waals surface area (Å²) in [4.78, 5) is 29.7. The van der Waals surface area contributed by atoms with Crippen LogP contribution in [0.3, 0.4) is 0 Å². The minimum atomic E-state index is -0.255. The van der Waals surface area contributed by atoms with Crippen molar-refractivity contribution in [3.8, 4) is 5.75 Å². The topological polar surface area (TPSA) is 84.1 Å². The summed E-state index contributed by atoms with van der Waals surface area (Å²) in [6, 6.07) is 8.25. The molecule has 0 atom stereocenters. The van der Waals surface area contributed by atoms with Crippen molar-refractivity contribution in [1.29, 1.82) is 0 Å². The molecule has 0 aliphatic heterocycles. The van der Waals surface area contributed by atoms with Crippen molar-refractivity contribution in [2.75, 3.05) is 13.2 Å². The molecule has 1 aromatic carbocycles. The first kappa shape index (κ1) is 16.0. The summed E-state index contributed by atoms with van der Waals surface area (Å²) in [6.45, 7) is 2.01. The SMILES string of the molecule is Cc1cc(=O)[nH]c(CCNC(=O)COc2cccc(Cl)c2)n1. The summed E-state index contributed by atoms with van der Waals surface area (Å²) in [5, 5.41) is 3.24. The van der Waals surface area contributed by atoms with E-state index in [0.29, 0.717) is 35.3 Å². The van der Waals surface area contributed by atoms with Crippen molar-refractivity contribution < 1.29 is 9.53 Å². The summed E-state index contributed by atoms with van der Waals surface area (Å²) in [7, 11) is 0. The molecule has 0 radical (unpaired) electrons. The zero-order chi connectivity index (χ0) is 15.9. The van der Waals surface area contributed by atoms with Crippen LogP contribution in [0.1, 0.15) is 11.5 Å². The number of H-pyrrole nitrogens is 1. The largest absolute Gasteiger partial charge is 0.484 e. The van der Waals surface area contributed by atoms with Gasteiger partial charge in [-0.25, -0.2) is 4.98 Å². The van der Waals surface area contributed by atoms with Gasteiger partial charge in [-0.05, 0) is 25.1 Å². The molecule has 2 aromatic rings. The van der Waals surface area contributed by atoms with Gasteiger partial charge in [0.05, 0.1) is 0 Å². The Morgan fingerprint density at radius 1 is 1.41 bits per heavy atom. The van der Waals surface area contributed by atoms with Gasteiger partial charge in [0, 0.05) is 29.7 Å². The number of nitrogens with zero attached hydrogens (tertiary/aromatic N) is 1. The maximum atomic E-state index is 11.7. The number of ether oxygens (including phenoxy) is 1. The van der Waals surface area contributed by atoms with Gasteiger partial charge >= 0.3 is 0 Å². The number of halogens is 1. The average Bonchev–Trinajstić information content (AvgIpc) is 2.44. The predicted octanol–water partition coefficient (Wildman–Crippen LogP) is 1.47. The molecular weight excluding hydrogens is 306 g/mol. The molecule has 1 amide bonds. The highest BCUT2D eigenvalue weighted by Gasteiger charge is 2.04. The zero-order valence-electron chi connectivity index (χ0n) is 12.1. The van der Waals surface area contributed by atoms with Gasteiger partial charge in [-0.2, -0.15) is 0 Å². The molecule has 22 heavy (non-hydrogen) atoms. The Hall–Kier alpha value is -2.34. The molecule has 0 saturated heterocycles. The fraction of sp³-hybridized carbons (Fsp3) is 0.267. The number of hydrogen-bond donors (Lipinski definition) is 2. The molecule has 116 valence electrons. The fourth-order valence-corrected chi connectivity index (χ4v) is 2.02. The van der Waals surface area contributed by atoms with Crippen molar-refractivity contribution in [1.82, 2.24) is 15.3 Å². The van der Waals surface area contributed by atoms with E-state index in [1.165, 1.54) is 6.07 Å². The smallest absolute Gasteiger partial charge is 0.257 e. The highest BCUT2D eigenvalue weighted by Crippen LogP contribution is 2.16. The third kappa shape index (κ3) is 5.21. The molecule has 0 unspecified atom stereocenters. The van der Waals surface area contributed by atoms with Crippen LogP contribution in [-0.2, 0) is 11.2 Å². The van der Waals surface area contributed by atoms with Gasteiger partial charge < -0.3 is 15.0 Å². The van der Waals surface area contributed by atoms with E-state index in [-0.39, 0.29) is 18.1 Å². The number of carbonyl (C=O) groups is 1. The maximum Gasteiger partial charge on any atom is 0.257 e. The summed E-state index contributed by atoms with van der Waals surface area (Å²) in [5.41, 5.74) is 0.451. The Bertz CT molecular complexity index is 715. The number of aromatic nitrogens is 2. The summed E-state index contributed by atoms with van der Waals surface area (Å²) in [6.07, 6.45) is 0.444. The van der Waals surface area contributed by atoms with Gasteiger partial charge in [0.1, 0.15) is 11.6 Å². The van der Waals surface area contributed by atoms with E-state index < -0.39 is 0 Å². The Morgan fingerprint density at radius 2 is 2.23 bits per heavy atom. The van der Waals surface area contributed by atoms with Crippen LogP contribution >= 0.6 is 11.6 Å². The van der Waals surface area contributed by atoms with Gasteiger partial charge in [0.25, 0.3) is 11.5 Å². The van der Waals surface area contributed by atoms with E-state index in [2.05, 4.69) is 15.3 Å². The first-order chi connectivity index (χ1) is 10.5. The Kier molecular flexibility index (Phi) is 5.55. The number of benzene rings is 1. The Balaban J connectivity index is 1.75. The van der Waals surface area contributed by atoms with Crippen LogP contribution in [0.5, 0.6) is 5.75 Å². The lowest BCUT2D eigenvalue weighted by molar-refractivity contribution is -0.123. The van der Waals surface area contributed by atoms with Crippen LogP contribution < -0.4 is 15.6 Å². The van der Waals surface area contributed by atoms with E-state index in [1.807, 2.05) is 0 Å². The third-order valence-electron chi connectivity index (χ3n) is 2.77. The van der Waals surface area contributed by atoms with Gasteiger partial charge in [-0.1, -0.05) is 17.7 Å². The van der Waals surface area contributed by atoms with Crippen molar-refractivity contribution >= 4 is 17.5 Å². The van der Waals surface area contributed by atoms with Gasteiger partial charge in [0.15, 0.2) is 6.61 Å². The van der Waals surface area contributed by atoms with Gasteiger partial charge in [-0.3, -0.25) is 9.59 Å². The third-order valence-corrected chi connectivity index (χ3v) is 3.00. The van der Waals surface area contributed by atoms with E-state index in [0.717, 1.165) is 0 Å². The molecule has 0 bridgehead atoms. The maximum absolute atomic E-state index is 11.7. The van der Waals surface area contributed by atoms with E-state index in [4.69, 9.17) is 16.3 Å². The highest BCUT2D eigenvalue weighted by molar-refractivity contribution is 6.30. The molecular formula is C15H16ClN3O3. The first-order valence-electron chi connectivity index (χ1n) is 6.75. The summed E-state index contributed by atoms with van der Waals surface area (Å²) < 4.78 is 5.32. The molecule has 6 nitrogen and oxygen atoms in total. The Morgan fingerprint density at radius 3 is 2.95 bits per heavy atom. The molecule has 0 fully saturated rings. The fourth-order valence-electron chi connectivity index (χ4n) is 1.84. The second kappa shape index (κ2) is 7.61. The highest BCUT2D eigenvalue weighted by atomic mass is 35.5. The van der Waals surface area contributed by atoms with Crippen LogP contribution in [0, 0.1) is 6.92 Å². The average molecular weight is 322 g/mol. The second-order valence-electron chi connectivity index (χ2n) is 4.68. The molecule has 1 heterocycles. The normalized spacial score (nSPS) is 10.3. The molecule has 0 aliphatic rings. The van der Waals surface area contributed by atoms with Crippen molar-refractivity contribution in [3.05, 3.63) is 57.2 Å². The monoisotopic (exact) mass is 321 g/mol. The predicted molar refractivity (Wildman–Crippen MR) is 83.3 cm³/mol. The lowest BCUT2D eigenvalue weighted by Crippen LogP contribution is -2.31. The van der Waals surface area contributed by atoms with Crippen molar-refractivity contribution in [2.45, 2.75) is 13.3 Å². The number of rotatable bonds is 6. The van der Waals surface area contributed by atoms with Gasteiger partial charge in [-0.15, -0.1) is 0 Å². The number of hydrogen-bond acceptors (Lipinski definition) is 4. The molecule has 0 spiro atoms. The Labute approximate surface area is 132 Å². The van der Waals surface area contributed by atoms with Crippen LogP contribution in [0.25, 0.3) is 0 Å².